The van der Waals surface area contributed by atoms with Crippen LogP contribution in [-0.2, 0) is 0 Å². The number of nitrogens with zero attached hydrogens (tertiary/aromatic N) is 3. The van der Waals surface area contributed by atoms with Gasteiger partial charge in [0.2, 0.25) is 0 Å². The van der Waals surface area contributed by atoms with Gasteiger partial charge in [0.25, 0.3) is 5.09 Å². The Morgan fingerprint density at radius 3 is 2.42 bits per heavy atom. The van der Waals surface area contributed by atoms with Gasteiger partial charge in [0.1, 0.15) is 5.50 Å². The highest BCUT2D eigenvalue weighted by atomic mass is 35.5. The maximum atomic E-state index is 8.36. The number of rotatable bonds is 5. The fraction of sp³-hybridized carbons (Fsp3) is 0.471. The third-order valence-electron chi connectivity index (χ3n) is 4.15. The highest BCUT2D eigenvalue weighted by Gasteiger charge is 2.27. The minimum Gasteiger partial charge on any atom is -0.328 e. The highest BCUT2D eigenvalue weighted by Crippen LogP contribution is 2.46. The monoisotopic (exact) mass is 417 g/mol. The molecular weight excluding hydrogens is 397 g/mol. The predicted molar refractivity (Wildman–Crippen MR) is 105 cm³/mol. The number of thioether (sulfide) groups is 1. The molecule has 2 unspecified atom stereocenters. The first kappa shape index (κ1) is 20.9. The molecule has 1 N–H and O–H groups in total. The summed E-state index contributed by atoms with van der Waals surface area (Å²) in [6, 6.07) is 8.08. The van der Waals surface area contributed by atoms with Crippen LogP contribution >= 0.6 is 35.0 Å². The molecule has 0 aliphatic heterocycles. The Labute approximate surface area is 166 Å². The molecule has 2 atom stereocenters. The van der Waals surface area contributed by atoms with Crippen molar-refractivity contribution in [3.63, 3.8) is 0 Å². The van der Waals surface area contributed by atoms with Crippen molar-refractivity contribution in [2.24, 2.45) is 0 Å². The largest absolute Gasteiger partial charge is 0.328 e. The smallest absolute Gasteiger partial charge is 0.291 e. The summed E-state index contributed by atoms with van der Waals surface area (Å²) in [4.78, 5) is 12.5. The van der Waals surface area contributed by atoms with Crippen molar-refractivity contribution in [1.29, 1.82) is 0 Å². The summed E-state index contributed by atoms with van der Waals surface area (Å²) in [7, 11) is 0. The Morgan fingerprint density at radius 2 is 1.88 bits per heavy atom. The lowest BCUT2D eigenvalue weighted by atomic mass is 10.0. The standard InChI is InChI=1S/C17H20Cl2N2S.HNO3/c18-14-8-6-13(7-9-14)16(17(19)21-11-10-20-12-21)22-15-4-2-1-3-5-15;2-1(3)4/h6-12,15-17H,1-5H2;(H,2,3,4). The van der Waals surface area contributed by atoms with Crippen LogP contribution in [0, 0.1) is 10.1 Å². The molecule has 26 heavy (non-hydrogen) atoms. The van der Waals surface area contributed by atoms with E-state index in [1.165, 1.54) is 37.7 Å². The first-order valence-corrected chi connectivity index (χ1v) is 10.1. The highest BCUT2D eigenvalue weighted by molar-refractivity contribution is 8.00. The Balaban J connectivity index is 0.000000552. The normalized spacial score (nSPS) is 17.0. The van der Waals surface area contributed by atoms with E-state index >= 15 is 0 Å². The fourth-order valence-corrected chi connectivity index (χ4v) is 5.10. The molecule has 142 valence electrons. The van der Waals surface area contributed by atoms with Crippen LogP contribution in [0.15, 0.2) is 43.0 Å². The second-order valence-corrected chi connectivity index (χ2v) is 8.32. The molecule has 1 aromatic carbocycles. The molecule has 1 saturated carbocycles. The lowest BCUT2D eigenvalue weighted by molar-refractivity contribution is -0.742. The van der Waals surface area contributed by atoms with Crippen molar-refractivity contribution < 1.29 is 10.3 Å². The van der Waals surface area contributed by atoms with E-state index in [-0.39, 0.29) is 10.8 Å². The van der Waals surface area contributed by atoms with Crippen molar-refractivity contribution >= 4 is 35.0 Å². The summed E-state index contributed by atoms with van der Waals surface area (Å²) in [6.45, 7) is 0. The number of imidazole rings is 1. The Bertz CT molecular complexity index is 660. The molecule has 3 rings (SSSR count). The molecule has 1 heterocycles. The van der Waals surface area contributed by atoms with Crippen LogP contribution < -0.4 is 0 Å². The van der Waals surface area contributed by atoms with E-state index in [1.807, 2.05) is 34.7 Å². The Morgan fingerprint density at radius 1 is 1.27 bits per heavy atom. The minimum atomic E-state index is -1.50. The van der Waals surface area contributed by atoms with E-state index in [1.54, 1.807) is 12.5 Å². The zero-order valence-corrected chi connectivity index (χ0v) is 16.4. The lowest BCUT2D eigenvalue weighted by Gasteiger charge is -2.29. The first-order valence-electron chi connectivity index (χ1n) is 8.33. The first-order chi connectivity index (χ1) is 12.5. The van der Waals surface area contributed by atoms with E-state index in [9.17, 15) is 0 Å². The van der Waals surface area contributed by atoms with Gasteiger partial charge in [-0.2, -0.15) is 0 Å². The van der Waals surface area contributed by atoms with Crippen LogP contribution in [-0.4, -0.2) is 25.1 Å². The van der Waals surface area contributed by atoms with Crippen molar-refractivity contribution in [2.45, 2.75) is 48.1 Å². The summed E-state index contributed by atoms with van der Waals surface area (Å²) in [5, 5.41) is 15.3. The molecule has 1 fully saturated rings. The Hall–Kier alpha value is -1.44. The average molecular weight is 418 g/mol. The van der Waals surface area contributed by atoms with Crippen molar-refractivity contribution in [2.75, 3.05) is 0 Å². The van der Waals surface area contributed by atoms with Gasteiger partial charge in [-0.1, -0.05) is 54.6 Å². The van der Waals surface area contributed by atoms with Crippen LogP contribution in [0.1, 0.15) is 48.4 Å². The number of halogens is 2. The van der Waals surface area contributed by atoms with Crippen LogP contribution in [0.4, 0.5) is 0 Å². The van der Waals surface area contributed by atoms with Gasteiger partial charge < -0.3 is 9.77 Å². The molecule has 2 aromatic rings. The summed E-state index contributed by atoms with van der Waals surface area (Å²) in [5.74, 6) is 0. The van der Waals surface area contributed by atoms with E-state index in [0.717, 1.165) is 5.02 Å². The van der Waals surface area contributed by atoms with E-state index < -0.39 is 5.09 Å². The van der Waals surface area contributed by atoms with Gasteiger partial charge in [-0.25, -0.2) is 4.98 Å². The van der Waals surface area contributed by atoms with E-state index in [0.29, 0.717) is 5.25 Å². The quantitative estimate of drug-likeness (QED) is 0.381. The lowest BCUT2D eigenvalue weighted by Crippen LogP contribution is -2.15. The molecule has 0 saturated heterocycles. The Kier molecular flexibility index (Phi) is 8.54. The summed E-state index contributed by atoms with van der Waals surface area (Å²) >= 11 is 14.8. The molecule has 1 aromatic heterocycles. The van der Waals surface area contributed by atoms with E-state index in [4.69, 9.17) is 38.5 Å². The molecule has 9 heteroatoms. The van der Waals surface area contributed by atoms with Gasteiger partial charge in [0.15, 0.2) is 0 Å². The molecule has 1 aliphatic carbocycles. The number of benzene rings is 1. The minimum absolute atomic E-state index is 0.143. The average Bonchev–Trinajstić information content (AvgIpc) is 3.15. The van der Waals surface area contributed by atoms with Crippen LogP contribution in [0.3, 0.4) is 0 Å². The SMILES string of the molecule is Clc1ccc(C(SC2CCCCC2)C(Cl)n2ccnc2)cc1.O=[N+]([O-])O. The van der Waals surface area contributed by atoms with Gasteiger partial charge in [-0.05, 0) is 30.5 Å². The number of aromatic nitrogens is 2. The number of hydrogen-bond donors (Lipinski definition) is 1. The third-order valence-corrected chi connectivity index (χ3v) is 6.71. The third kappa shape index (κ3) is 6.70. The molecular formula is C17H21Cl2N3O3S. The zero-order valence-electron chi connectivity index (χ0n) is 14.1. The van der Waals surface area contributed by atoms with Crippen LogP contribution in [0.5, 0.6) is 0 Å². The summed E-state index contributed by atoms with van der Waals surface area (Å²) in [5.41, 5.74) is 1.09. The maximum Gasteiger partial charge on any atom is 0.291 e. The van der Waals surface area contributed by atoms with Crippen LogP contribution in [0.2, 0.25) is 5.02 Å². The van der Waals surface area contributed by atoms with E-state index in [2.05, 4.69) is 17.1 Å². The van der Waals surface area contributed by atoms with Gasteiger partial charge in [-0.15, -0.1) is 21.9 Å². The second-order valence-electron chi connectivity index (χ2n) is 5.99. The molecule has 0 amide bonds. The second kappa shape index (κ2) is 10.6. The predicted octanol–water partition coefficient (Wildman–Crippen LogP) is 5.73. The van der Waals surface area contributed by atoms with Crippen molar-refractivity contribution in [1.82, 2.24) is 9.55 Å². The molecule has 0 spiro atoms. The molecule has 0 bridgehead atoms. The summed E-state index contributed by atoms with van der Waals surface area (Å²) < 4.78 is 1.98. The molecule has 1 aliphatic rings. The number of alkyl halides is 1. The molecule has 0 radical (unpaired) electrons. The van der Waals surface area contributed by atoms with Gasteiger partial charge >= 0.3 is 0 Å². The maximum absolute atomic E-state index is 8.36. The molecule has 6 nitrogen and oxygen atoms in total. The van der Waals surface area contributed by atoms with Crippen molar-refractivity contribution in [3.8, 4) is 0 Å². The topological polar surface area (TPSA) is 81.2 Å². The number of hydrogen-bond acceptors (Lipinski definition) is 4. The van der Waals surface area contributed by atoms with Gasteiger partial charge in [0, 0.05) is 22.7 Å². The fourth-order valence-electron chi connectivity index (χ4n) is 2.93. The zero-order chi connectivity index (χ0) is 18.9. The van der Waals surface area contributed by atoms with Crippen LogP contribution in [0.25, 0.3) is 0 Å². The van der Waals surface area contributed by atoms with Gasteiger partial charge in [-0.3, -0.25) is 0 Å². The van der Waals surface area contributed by atoms with Gasteiger partial charge in [0.05, 0.1) is 11.6 Å². The summed E-state index contributed by atoms with van der Waals surface area (Å²) in [6.07, 6.45) is 12.1. The van der Waals surface area contributed by atoms with Crippen molar-refractivity contribution in [3.05, 3.63) is 63.7 Å².